The number of hydrogen-bond donors (Lipinski definition) is 2. The van der Waals surface area contributed by atoms with Gasteiger partial charge in [-0.3, -0.25) is 4.79 Å². The van der Waals surface area contributed by atoms with E-state index in [1.165, 1.54) is 5.57 Å². The van der Waals surface area contributed by atoms with Crippen molar-refractivity contribution in [3.05, 3.63) is 41.5 Å². The van der Waals surface area contributed by atoms with E-state index in [4.69, 9.17) is 16.0 Å². The first-order valence-electron chi connectivity index (χ1n) is 13.7. The molecule has 6 heteroatoms. The van der Waals surface area contributed by atoms with Crippen LogP contribution in [0.5, 0.6) is 5.75 Å². The molecule has 6 nitrogen and oxygen atoms in total. The highest BCUT2D eigenvalue weighted by atomic mass is 16.6. The van der Waals surface area contributed by atoms with Gasteiger partial charge in [0.05, 0.1) is 12.8 Å². The number of benzene rings is 1. The van der Waals surface area contributed by atoms with E-state index in [2.05, 4.69) is 36.3 Å². The highest BCUT2D eigenvalue weighted by molar-refractivity contribution is 5.96. The summed E-state index contributed by atoms with van der Waals surface area (Å²) in [6.45, 7) is 5.02. The van der Waals surface area contributed by atoms with Crippen LogP contribution in [0.1, 0.15) is 70.8 Å². The molecule has 198 valence electrons. The fourth-order valence-corrected chi connectivity index (χ4v) is 8.07. The Hall–Kier alpha value is -2.78. The maximum absolute atomic E-state index is 12.2. The maximum Gasteiger partial charge on any atom is 0.261 e. The largest absolute Gasteiger partial charge is 0.497 e. The molecule has 0 aliphatic heterocycles. The number of carbonyl (C=O) groups excluding carboxylic acids is 1. The number of methoxy groups -OCH3 is 1. The molecule has 0 aromatic heterocycles. The number of allylic oxidation sites excluding steroid dienone is 2. The average molecular weight is 505 g/mol. The molecular weight excluding hydrogens is 464 g/mol. The second-order valence-corrected chi connectivity index (χ2v) is 12.0. The summed E-state index contributed by atoms with van der Waals surface area (Å²) in [7, 11) is 1.63. The molecule has 0 unspecified atom stereocenters. The minimum atomic E-state index is -0.954. The Bertz CT molecular complexity index is 1130. The molecule has 0 bridgehead atoms. The molecule has 1 aromatic rings. The van der Waals surface area contributed by atoms with Gasteiger partial charge in [-0.25, -0.2) is 0 Å². The summed E-state index contributed by atoms with van der Waals surface area (Å²) in [5.74, 6) is 5.11. The van der Waals surface area contributed by atoms with Crippen LogP contribution in [0, 0.1) is 40.9 Å². The van der Waals surface area contributed by atoms with Gasteiger partial charge in [0.2, 0.25) is 0 Å². The van der Waals surface area contributed by atoms with E-state index >= 15 is 0 Å². The van der Waals surface area contributed by atoms with E-state index in [9.17, 15) is 9.90 Å². The summed E-state index contributed by atoms with van der Waals surface area (Å²) in [4.78, 5) is 17.7. The van der Waals surface area contributed by atoms with Gasteiger partial charge >= 0.3 is 0 Å². The fourth-order valence-electron chi connectivity index (χ4n) is 8.07. The van der Waals surface area contributed by atoms with Crippen LogP contribution in [-0.4, -0.2) is 36.0 Å². The molecule has 37 heavy (non-hydrogen) atoms. The van der Waals surface area contributed by atoms with Crippen molar-refractivity contribution >= 4 is 11.6 Å². The Morgan fingerprint density at radius 1 is 1.14 bits per heavy atom. The zero-order chi connectivity index (χ0) is 26.3. The third-order valence-electron chi connectivity index (χ3n) is 10.4. The number of nitrogens with one attached hydrogen (secondary N) is 1. The molecule has 5 rings (SSSR count). The van der Waals surface area contributed by atoms with Crippen LogP contribution >= 0.6 is 0 Å². The minimum absolute atomic E-state index is 0.0941. The highest BCUT2D eigenvalue weighted by Crippen LogP contribution is 2.67. The van der Waals surface area contributed by atoms with E-state index in [-0.39, 0.29) is 23.3 Å². The lowest BCUT2D eigenvalue weighted by atomic mass is 9.46. The van der Waals surface area contributed by atoms with Gasteiger partial charge < -0.3 is 20.0 Å². The third kappa shape index (κ3) is 4.46. The van der Waals surface area contributed by atoms with Crippen molar-refractivity contribution < 1.29 is 19.5 Å². The summed E-state index contributed by atoms with van der Waals surface area (Å²) in [5.41, 5.74) is 2.44. The molecule has 1 aromatic carbocycles. The third-order valence-corrected chi connectivity index (χ3v) is 10.4. The van der Waals surface area contributed by atoms with Crippen LogP contribution in [-0.2, 0) is 16.2 Å². The Morgan fingerprint density at radius 2 is 1.89 bits per heavy atom. The predicted octanol–water partition coefficient (Wildman–Crippen LogP) is 5.01. The van der Waals surface area contributed by atoms with Crippen LogP contribution in [0.3, 0.4) is 0 Å². The van der Waals surface area contributed by atoms with E-state index < -0.39 is 5.60 Å². The van der Waals surface area contributed by atoms with Crippen molar-refractivity contribution in [3.8, 4) is 18.1 Å². The SMILES string of the molecule is C#C[C@]1(O)CC[C@H]2[C@@H]3CCC4=C/C(=N\OCC(=O)NCc5ccc(OC)cc5)CC[C@]4(C)[C@H]3CC[C@@]21C. The molecule has 4 aliphatic rings. The number of hydrogen-bond acceptors (Lipinski definition) is 5. The lowest BCUT2D eigenvalue weighted by molar-refractivity contribution is -0.125. The molecule has 0 spiro atoms. The molecule has 0 saturated heterocycles. The van der Waals surface area contributed by atoms with Crippen LogP contribution in [0.2, 0.25) is 0 Å². The number of fused-ring (bicyclic) bond motifs is 5. The van der Waals surface area contributed by atoms with Crippen molar-refractivity contribution in [1.82, 2.24) is 5.32 Å². The van der Waals surface area contributed by atoms with Gasteiger partial charge in [-0.15, -0.1) is 6.42 Å². The van der Waals surface area contributed by atoms with Gasteiger partial charge in [0.25, 0.3) is 5.91 Å². The Balaban J connectivity index is 1.18. The smallest absolute Gasteiger partial charge is 0.261 e. The second-order valence-electron chi connectivity index (χ2n) is 12.0. The van der Waals surface area contributed by atoms with Crippen molar-refractivity contribution in [3.63, 3.8) is 0 Å². The summed E-state index contributed by atoms with van der Waals surface area (Å²) in [5, 5.41) is 18.4. The normalized spacial score (nSPS) is 37.4. The molecule has 2 N–H and O–H groups in total. The number of nitrogens with zero attached hydrogens (tertiary/aromatic N) is 1. The van der Waals surface area contributed by atoms with Crippen LogP contribution in [0.15, 0.2) is 41.1 Å². The molecule has 3 fully saturated rings. The molecule has 3 saturated carbocycles. The van der Waals surface area contributed by atoms with Gasteiger partial charge in [0.15, 0.2) is 6.61 Å². The first-order chi connectivity index (χ1) is 17.7. The zero-order valence-electron chi connectivity index (χ0n) is 22.4. The number of terminal acetylenes is 1. The summed E-state index contributed by atoms with van der Waals surface area (Å²) in [6.07, 6.45) is 16.0. The topological polar surface area (TPSA) is 80.2 Å². The van der Waals surface area contributed by atoms with Gasteiger partial charge in [-0.2, -0.15) is 0 Å². The lowest BCUT2D eigenvalue weighted by Gasteiger charge is -2.58. The Morgan fingerprint density at radius 3 is 2.62 bits per heavy atom. The Labute approximate surface area is 220 Å². The number of oxime groups is 1. The number of carbonyl (C=O) groups is 1. The van der Waals surface area contributed by atoms with Gasteiger partial charge in [-0.1, -0.05) is 42.6 Å². The standard InChI is InChI=1S/C31H40N2O4/c1-5-31(35)17-14-27-25-11-8-22-18-23(12-15-29(22,2)26(25)13-16-30(27,31)3)33-37-20-28(34)32-19-21-6-9-24(36-4)10-7-21/h1,6-7,9-10,18,25-27,35H,8,11-17,19-20H2,2-4H3,(H,32,34)/b33-23-/t25-,26+,27+,29+,30+,31+/m1/s1. The first kappa shape index (κ1) is 25.9. The average Bonchev–Trinajstić information content (AvgIpc) is 3.18. The van der Waals surface area contributed by atoms with Crippen molar-refractivity contribution in [2.24, 2.45) is 33.7 Å². The van der Waals surface area contributed by atoms with E-state index in [0.29, 0.717) is 24.3 Å². The van der Waals surface area contributed by atoms with Crippen molar-refractivity contribution in [2.45, 2.75) is 77.4 Å². The number of ether oxygens (including phenoxy) is 1. The number of amides is 1. The quantitative estimate of drug-likeness (QED) is 0.422. The summed E-state index contributed by atoms with van der Waals surface area (Å²) < 4.78 is 5.16. The number of aliphatic hydroxyl groups is 1. The summed E-state index contributed by atoms with van der Waals surface area (Å²) >= 11 is 0. The van der Waals surface area contributed by atoms with E-state index in [1.807, 2.05) is 24.3 Å². The highest BCUT2D eigenvalue weighted by Gasteiger charge is 2.63. The molecular formula is C31H40N2O4. The lowest BCUT2D eigenvalue weighted by Crippen LogP contribution is -2.54. The van der Waals surface area contributed by atoms with Gasteiger partial charge in [0, 0.05) is 12.0 Å². The van der Waals surface area contributed by atoms with Gasteiger partial charge in [0.1, 0.15) is 11.4 Å². The first-order valence-corrected chi connectivity index (χ1v) is 13.7. The number of rotatable bonds is 6. The molecule has 4 aliphatic carbocycles. The predicted molar refractivity (Wildman–Crippen MR) is 144 cm³/mol. The van der Waals surface area contributed by atoms with Crippen LogP contribution < -0.4 is 10.1 Å². The monoisotopic (exact) mass is 504 g/mol. The summed E-state index contributed by atoms with van der Waals surface area (Å²) in [6, 6.07) is 7.60. The fraction of sp³-hybridized carbons (Fsp3) is 0.613. The molecule has 0 heterocycles. The van der Waals surface area contributed by atoms with E-state index in [1.54, 1.807) is 7.11 Å². The second kappa shape index (κ2) is 9.83. The maximum atomic E-state index is 12.2. The van der Waals surface area contributed by atoms with Gasteiger partial charge in [-0.05, 0) is 98.3 Å². The van der Waals surface area contributed by atoms with Crippen LogP contribution in [0.4, 0.5) is 0 Å². The zero-order valence-corrected chi connectivity index (χ0v) is 22.4. The molecule has 0 radical (unpaired) electrons. The van der Waals surface area contributed by atoms with Crippen LogP contribution in [0.25, 0.3) is 0 Å². The minimum Gasteiger partial charge on any atom is -0.497 e. The molecule has 1 amide bonds. The Kier molecular flexibility index (Phi) is 6.87. The van der Waals surface area contributed by atoms with E-state index in [0.717, 1.165) is 68.4 Å². The van der Waals surface area contributed by atoms with Crippen molar-refractivity contribution in [1.29, 1.82) is 0 Å². The molecule has 6 atom stereocenters. The van der Waals surface area contributed by atoms with Crippen molar-refractivity contribution in [2.75, 3.05) is 13.7 Å².